The van der Waals surface area contributed by atoms with Crippen molar-refractivity contribution in [2.24, 2.45) is 5.14 Å². The summed E-state index contributed by atoms with van der Waals surface area (Å²) in [6.07, 6.45) is 0. The molecule has 2 rings (SSSR count). The van der Waals surface area contributed by atoms with Crippen molar-refractivity contribution < 1.29 is 8.42 Å². The monoisotopic (exact) mass is 302 g/mol. The van der Waals surface area contributed by atoms with Crippen LogP contribution in [0.3, 0.4) is 0 Å². The molecule has 0 aliphatic carbocycles. The molecule has 108 valence electrons. The lowest BCUT2D eigenvalue weighted by Gasteiger charge is -2.21. The summed E-state index contributed by atoms with van der Waals surface area (Å²) in [5.74, 6) is 0. The summed E-state index contributed by atoms with van der Waals surface area (Å²) in [6.45, 7) is 0. The first-order valence-corrected chi connectivity index (χ1v) is 7.54. The van der Waals surface area contributed by atoms with E-state index in [1.165, 1.54) is 12.1 Å². The van der Waals surface area contributed by atoms with Gasteiger partial charge in [-0.1, -0.05) is 12.1 Å². The fourth-order valence-corrected chi connectivity index (χ4v) is 2.55. The number of hydrogen-bond acceptors (Lipinski definition) is 5. The largest absolute Gasteiger partial charge is 0.399 e. The summed E-state index contributed by atoms with van der Waals surface area (Å²) >= 11 is 0. The second-order valence-electron chi connectivity index (χ2n) is 4.49. The minimum atomic E-state index is -3.85. The summed E-state index contributed by atoms with van der Waals surface area (Å²) in [5.41, 5.74) is 7.65. The molecule has 6 nitrogen and oxygen atoms in total. The van der Waals surface area contributed by atoms with Crippen molar-refractivity contribution in [3.05, 3.63) is 48.0 Å². The van der Waals surface area contributed by atoms with Gasteiger partial charge in [0, 0.05) is 18.4 Å². The third-order valence-electron chi connectivity index (χ3n) is 3.02. The van der Waals surface area contributed by atoms with Crippen LogP contribution in [0.1, 0.15) is 5.56 Å². The minimum absolute atomic E-state index is 0.0706. The fourth-order valence-electron chi connectivity index (χ4n) is 1.96. The van der Waals surface area contributed by atoms with Gasteiger partial charge < -0.3 is 10.6 Å². The quantitative estimate of drug-likeness (QED) is 0.835. The summed E-state index contributed by atoms with van der Waals surface area (Å²) in [4.78, 5) is 1.61. The lowest BCUT2D eigenvalue weighted by atomic mass is 10.1. The molecule has 0 aliphatic rings. The van der Waals surface area contributed by atoms with Crippen molar-refractivity contribution in [3.63, 3.8) is 0 Å². The Balaban J connectivity index is 2.57. The van der Waals surface area contributed by atoms with E-state index in [-0.39, 0.29) is 10.6 Å². The van der Waals surface area contributed by atoms with Crippen molar-refractivity contribution >= 4 is 27.1 Å². The lowest BCUT2D eigenvalue weighted by Crippen LogP contribution is -2.15. The molecule has 0 amide bonds. The molecule has 0 aromatic heterocycles. The molecular formula is C14H14N4O2S. The number of nitrogens with zero attached hydrogens (tertiary/aromatic N) is 2. The average molecular weight is 302 g/mol. The van der Waals surface area contributed by atoms with Gasteiger partial charge in [0.2, 0.25) is 10.0 Å². The SMILES string of the molecule is CN(c1cc(N)cc(S(N)(=O)=O)c1)c1ccccc1C#N. The Labute approximate surface area is 123 Å². The van der Waals surface area contributed by atoms with E-state index in [2.05, 4.69) is 6.07 Å². The van der Waals surface area contributed by atoms with E-state index in [1.54, 1.807) is 42.3 Å². The first-order valence-electron chi connectivity index (χ1n) is 5.99. The van der Waals surface area contributed by atoms with Crippen LogP contribution in [0.2, 0.25) is 0 Å². The van der Waals surface area contributed by atoms with Crippen LogP contribution < -0.4 is 15.8 Å². The number of rotatable bonds is 3. The maximum Gasteiger partial charge on any atom is 0.238 e. The van der Waals surface area contributed by atoms with E-state index < -0.39 is 10.0 Å². The van der Waals surface area contributed by atoms with Crippen LogP contribution in [0, 0.1) is 11.3 Å². The van der Waals surface area contributed by atoms with Crippen molar-refractivity contribution in [2.45, 2.75) is 4.90 Å². The fraction of sp³-hybridized carbons (Fsp3) is 0.0714. The standard InChI is InChI=1S/C14H14N4O2S/c1-18(14-5-3-2-4-10(14)9-15)12-6-11(16)7-13(8-12)21(17,19)20/h2-8H,16H2,1H3,(H2,17,19,20). The zero-order chi connectivity index (χ0) is 15.6. The molecule has 0 unspecified atom stereocenters. The Morgan fingerprint density at radius 2 is 1.86 bits per heavy atom. The predicted molar refractivity (Wildman–Crippen MR) is 81.4 cm³/mol. The van der Waals surface area contributed by atoms with Crippen LogP contribution in [-0.4, -0.2) is 15.5 Å². The van der Waals surface area contributed by atoms with Gasteiger partial charge in [0.15, 0.2) is 0 Å². The van der Waals surface area contributed by atoms with Crippen LogP contribution in [0.15, 0.2) is 47.4 Å². The molecule has 2 aromatic rings. The highest BCUT2D eigenvalue weighted by Crippen LogP contribution is 2.29. The van der Waals surface area contributed by atoms with E-state index in [4.69, 9.17) is 16.1 Å². The van der Waals surface area contributed by atoms with Gasteiger partial charge in [-0.25, -0.2) is 13.6 Å². The Hall–Kier alpha value is -2.56. The highest BCUT2D eigenvalue weighted by molar-refractivity contribution is 7.89. The number of primary sulfonamides is 1. The van der Waals surface area contributed by atoms with E-state index in [0.717, 1.165) is 0 Å². The molecule has 0 radical (unpaired) electrons. The van der Waals surface area contributed by atoms with Crippen molar-refractivity contribution in [1.29, 1.82) is 5.26 Å². The highest BCUT2D eigenvalue weighted by Gasteiger charge is 2.14. The molecule has 4 N–H and O–H groups in total. The Kier molecular flexibility index (Phi) is 3.84. The zero-order valence-electron chi connectivity index (χ0n) is 11.3. The first-order chi connectivity index (χ1) is 9.82. The molecule has 7 heteroatoms. The summed E-state index contributed by atoms with van der Waals surface area (Å²) in [6, 6.07) is 13.4. The van der Waals surface area contributed by atoms with Gasteiger partial charge >= 0.3 is 0 Å². The number of nitrogen functional groups attached to an aromatic ring is 1. The molecule has 0 saturated heterocycles. The van der Waals surface area contributed by atoms with Gasteiger partial charge in [0.25, 0.3) is 0 Å². The van der Waals surface area contributed by atoms with Gasteiger partial charge in [0.05, 0.1) is 16.1 Å². The second-order valence-corrected chi connectivity index (χ2v) is 6.05. The smallest absolute Gasteiger partial charge is 0.238 e. The molecule has 0 bridgehead atoms. The third kappa shape index (κ3) is 3.13. The molecule has 0 spiro atoms. The number of sulfonamides is 1. The number of para-hydroxylation sites is 1. The van der Waals surface area contributed by atoms with Crippen LogP contribution >= 0.6 is 0 Å². The predicted octanol–water partition coefficient (Wildman–Crippen LogP) is 1.56. The normalized spacial score (nSPS) is 10.9. The molecule has 2 aromatic carbocycles. The van der Waals surface area contributed by atoms with Gasteiger partial charge in [-0.3, -0.25) is 0 Å². The van der Waals surface area contributed by atoms with Crippen molar-refractivity contribution in [1.82, 2.24) is 0 Å². The van der Waals surface area contributed by atoms with Crippen molar-refractivity contribution in [3.8, 4) is 6.07 Å². The molecule has 0 fully saturated rings. The summed E-state index contributed by atoms with van der Waals surface area (Å²) < 4.78 is 22.9. The van der Waals surface area contributed by atoms with Crippen LogP contribution in [0.25, 0.3) is 0 Å². The lowest BCUT2D eigenvalue weighted by molar-refractivity contribution is 0.598. The van der Waals surface area contributed by atoms with E-state index in [0.29, 0.717) is 16.9 Å². The summed E-state index contributed by atoms with van der Waals surface area (Å²) in [5, 5.41) is 14.3. The number of nitrogens with two attached hydrogens (primary N) is 2. The number of nitriles is 1. The van der Waals surface area contributed by atoms with Crippen LogP contribution in [0.4, 0.5) is 17.1 Å². The topological polar surface area (TPSA) is 113 Å². The van der Waals surface area contributed by atoms with Crippen LogP contribution in [-0.2, 0) is 10.0 Å². The Bertz CT molecular complexity index is 825. The molecule has 21 heavy (non-hydrogen) atoms. The highest BCUT2D eigenvalue weighted by atomic mass is 32.2. The average Bonchev–Trinajstić information content (AvgIpc) is 2.45. The van der Waals surface area contributed by atoms with Gasteiger partial charge in [0.1, 0.15) is 6.07 Å². The minimum Gasteiger partial charge on any atom is -0.399 e. The number of benzene rings is 2. The Morgan fingerprint density at radius 3 is 2.48 bits per heavy atom. The third-order valence-corrected chi connectivity index (χ3v) is 3.91. The molecule has 0 heterocycles. The summed E-state index contributed by atoms with van der Waals surface area (Å²) in [7, 11) is -2.13. The maximum atomic E-state index is 11.5. The zero-order valence-corrected chi connectivity index (χ0v) is 12.1. The maximum absolute atomic E-state index is 11.5. The number of hydrogen-bond donors (Lipinski definition) is 2. The molecular weight excluding hydrogens is 288 g/mol. The van der Waals surface area contributed by atoms with E-state index >= 15 is 0 Å². The number of anilines is 3. The second kappa shape index (κ2) is 5.44. The van der Waals surface area contributed by atoms with Gasteiger partial charge in [-0.2, -0.15) is 5.26 Å². The molecule has 0 aliphatic heterocycles. The molecule has 0 saturated carbocycles. The van der Waals surface area contributed by atoms with E-state index in [9.17, 15) is 8.42 Å². The molecule has 0 atom stereocenters. The van der Waals surface area contributed by atoms with Gasteiger partial charge in [-0.15, -0.1) is 0 Å². The first kappa shape index (κ1) is 14.8. The van der Waals surface area contributed by atoms with Crippen LogP contribution in [0.5, 0.6) is 0 Å². The van der Waals surface area contributed by atoms with E-state index in [1.807, 2.05) is 0 Å². The Morgan fingerprint density at radius 1 is 1.19 bits per heavy atom. The van der Waals surface area contributed by atoms with Crippen molar-refractivity contribution in [2.75, 3.05) is 17.7 Å². The van der Waals surface area contributed by atoms with Gasteiger partial charge in [-0.05, 0) is 30.3 Å².